The van der Waals surface area contributed by atoms with Crippen molar-refractivity contribution >= 4 is 21.7 Å². The zero-order valence-corrected chi connectivity index (χ0v) is 18.9. The van der Waals surface area contributed by atoms with Crippen LogP contribution < -0.4 is 9.62 Å². The number of nitrogens with one attached hydrogen (secondary N) is 1. The monoisotopic (exact) mass is 488 g/mol. The van der Waals surface area contributed by atoms with Gasteiger partial charge in [-0.25, -0.2) is 22.5 Å². The van der Waals surface area contributed by atoms with Crippen molar-refractivity contribution in [2.75, 3.05) is 31.1 Å². The third-order valence-electron chi connectivity index (χ3n) is 5.05. The first-order valence-corrected chi connectivity index (χ1v) is 11.8. The number of halogens is 4. The maximum atomic E-state index is 14.4. The van der Waals surface area contributed by atoms with Gasteiger partial charge in [-0.3, -0.25) is 4.79 Å². The predicted octanol–water partition coefficient (Wildman–Crippen LogP) is 3.28. The van der Waals surface area contributed by atoms with Crippen LogP contribution in [0.15, 0.2) is 41.4 Å². The van der Waals surface area contributed by atoms with Gasteiger partial charge in [-0.05, 0) is 50.6 Å². The van der Waals surface area contributed by atoms with Crippen LogP contribution >= 0.6 is 0 Å². The SMILES string of the molecule is CC(C)NS(=O)(=O)c1ccc(F)c(C(=O)N2CCCN(c3ccc(C(F)(F)F)cn3)CC2)c1. The lowest BCUT2D eigenvalue weighted by Gasteiger charge is -2.23. The fourth-order valence-electron chi connectivity index (χ4n) is 3.47. The molecule has 1 aromatic heterocycles. The molecule has 1 amide bonds. The van der Waals surface area contributed by atoms with Crippen molar-refractivity contribution in [3.8, 4) is 0 Å². The lowest BCUT2D eigenvalue weighted by atomic mass is 10.2. The van der Waals surface area contributed by atoms with Gasteiger partial charge in [-0.2, -0.15) is 13.2 Å². The van der Waals surface area contributed by atoms with Gasteiger partial charge in [0.05, 0.1) is 16.0 Å². The highest BCUT2D eigenvalue weighted by atomic mass is 32.2. The molecule has 12 heteroatoms. The van der Waals surface area contributed by atoms with E-state index >= 15 is 0 Å². The molecule has 1 N–H and O–H groups in total. The maximum Gasteiger partial charge on any atom is 0.417 e. The summed E-state index contributed by atoms with van der Waals surface area (Å²) in [5.74, 6) is -1.15. The summed E-state index contributed by atoms with van der Waals surface area (Å²) in [7, 11) is -3.91. The topological polar surface area (TPSA) is 82.6 Å². The van der Waals surface area contributed by atoms with Crippen molar-refractivity contribution in [2.24, 2.45) is 0 Å². The number of anilines is 1. The number of sulfonamides is 1. The van der Waals surface area contributed by atoms with Crippen LogP contribution in [0.25, 0.3) is 0 Å². The van der Waals surface area contributed by atoms with Gasteiger partial charge < -0.3 is 9.80 Å². The summed E-state index contributed by atoms with van der Waals surface area (Å²) in [4.78, 5) is 19.8. The largest absolute Gasteiger partial charge is 0.417 e. The highest BCUT2D eigenvalue weighted by Crippen LogP contribution is 2.29. The van der Waals surface area contributed by atoms with Crippen molar-refractivity contribution in [1.29, 1.82) is 0 Å². The minimum absolute atomic E-state index is 0.169. The Kier molecular flexibility index (Phi) is 7.27. The number of amides is 1. The molecule has 3 rings (SSSR count). The zero-order chi connectivity index (χ0) is 24.4. The summed E-state index contributed by atoms with van der Waals surface area (Å²) < 4.78 is 79.9. The van der Waals surface area contributed by atoms with Crippen LogP contribution in [0.3, 0.4) is 0 Å². The van der Waals surface area contributed by atoms with Gasteiger partial charge in [0.25, 0.3) is 5.91 Å². The van der Waals surface area contributed by atoms with E-state index in [-0.39, 0.29) is 36.1 Å². The third kappa shape index (κ3) is 5.99. The predicted molar refractivity (Wildman–Crippen MR) is 114 cm³/mol. The Hall–Kier alpha value is -2.73. The molecular formula is C21H24F4N4O3S. The molecule has 7 nitrogen and oxygen atoms in total. The minimum atomic E-state index is -4.48. The molecule has 0 unspecified atom stereocenters. The molecule has 0 aliphatic carbocycles. The van der Waals surface area contributed by atoms with E-state index in [1.54, 1.807) is 18.7 Å². The van der Waals surface area contributed by atoms with Gasteiger partial charge in [0, 0.05) is 38.4 Å². The Morgan fingerprint density at radius 1 is 1.09 bits per heavy atom. The summed E-state index contributed by atoms with van der Waals surface area (Å²) in [6.45, 7) is 4.44. The van der Waals surface area contributed by atoms with Gasteiger partial charge in [0.15, 0.2) is 0 Å². The van der Waals surface area contributed by atoms with Crippen LogP contribution in [0.4, 0.5) is 23.4 Å². The number of aromatic nitrogens is 1. The van der Waals surface area contributed by atoms with Crippen LogP contribution in [0.5, 0.6) is 0 Å². The fraction of sp³-hybridized carbons (Fsp3) is 0.429. The molecule has 0 atom stereocenters. The van der Waals surface area contributed by atoms with Crippen molar-refractivity contribution in [2.45, 2.75) is 37.4 Å². The second-order valence-corrected chi connectivity index (χ2v) is 9.67. The molecule has 2 heterocycles. The van der Waals surface area contributed by atoms with Gasteiger partial charge >= 0.3 is 6.18 Å². The van der Waals surface area contributed by atoms with Crippen LogP contribution in [-0.4, -0.2) is 56.4 Å². The average molecular weight is 489 g/mol. The molecule has 1 fully saturated rings. The number of alkyl halides is 3. The molecule has 1 aliphatic rings. The van der Waals surface area contributed by atoms with E-state index in [0.717, 1.165) is 30.5 Å². The van der Waals surface area contributed by atoms with E-state index in [2.05, 4.69) is 9.71 Å². The molecule has 33 heavy (non-hydrogen) atoms. The maximum absolute atomic E-state index is 14.4. The molecule has 1 aliphatic heterocycles. The van der Waals surface area contributed by atoms with Crippen LogP contribution in [-0.2, 0) is 16.2 Å². The van der Waals surface area contributed by atoms with Crippen LogP contribution in [0, 0.1) is 5.82 Å². The number of hydrogen-bond donors (Lipinski definition) is 1. The first-order valence-electron chi connectivity index (χ1n) is 10.3. The smallest absolute Gasteiger partial charge is 0.355 e. The van der Waals surface area contributed by atoms with Gasteiger partial charge in [-0.1, -0.05) is 0 Å². The molecule has 1 aromatic carbocycles. The number of rotatable bonds is 5. The van der Waals surface area contributed by atoms with E-state index in [1.165, 1.54) is 11.0 Å². The zero-order valence-electron chi connectivity index (χ0n) is 18.1. The van der Waals surface area contributed by atoms with E-state index < -0.39 is 33.5 Å². The second kappa shape index (κ2) is 9.64. The molecule has 0 radical (unpaired) electrons. The number of hydrogen-bond acceptors (Lipinski definition) is 5. The normalized spacial score (nSPS) is 15.6. The Labute approximate surface area is 189 Å². The second-order valence-electron chi connectivity index (χ2n) is 7.95. The standard InChI is InChI=1S/C21H24F4N4O3S/c1-14(2)27-33(31,32)16-5-6-18(22)17(12-16)20(30)29-9-3-8-28(10-11-29)19-7-4-15(13-26-19)21(23,24)25/h4-7,12-14,27H,3,8-11H2,1-2H3. The Morgan fingerprint density at radius 3 is 2.42 bits per heavy atom. The molecule has 1 saturated heterocycles. The van der Waals surface area contributed by atoms with Crippen LogP contribution in [0.1, 0.15) is 36.2 Å². The number of benzene rings is 1. The van der Waals surface area contributed by atoms with E-state index in [1.807, 2.05) is 0 Å². The summed E-state index contributed by atoms with van der Waals surface area (Å²) in [5.41, 5.74) is -1.21. The number of carbonyl (C=O) groups excluding carboxylic acids is 1. The molecule has 0 bridgehead atoms. The number of pyridine rings is 1. The van der Waals surface area contributed by atoms with Crippen molar-refractivity contribution < 1.29 is 30.8 Å². The van der Waals surface area contributed by atoms with Crippen molar-refractivity contribution in [1.82, 2.24) is 14.6 Å². The number of carbonyl (C=O) groups is 1. The molecule has 0 saturated carbocycles. The lowest BCUT2D eigenvalue weighted by molar-refractivity contribution is -0.137. The van der Waals surface area contributed by atoms with Crippen molar-refractivity contribution in [3.63, 3.8) is 0 Å². The van der Waals surface area contributed by atoms with Crippen LogP contribution in [0.2, 0.25) is 0 Å². The van der Waals surface area contributed by atoms with Gasteiger partial charge in [-0.15, -0.1) is 0 Å². The summed E-state index contributed by atoms with van der Waals surface area (Å²) >= 11 is 0. The number of nitrogens with zero attached hydrogens (tertiary/aromatic N) is 3. The quantitative estimate of drug-likeness (QED) is 0.654. The first kappa shape index (κ1) is 24.9. The van der Waals surface area contributed by atoms with Gasteiger partial charge in [0.2, 0.25) is 10.0 Å². The first-order chi connectivity index (χ1) is 15.4. The molecule has 180 valence electrons. The van der Waals surface area contributed by atoms with E-state index in [9.17, 15) is 30.8 Å². The summed E-state index contributed by atoms with van der Waals surface area (Å²) in [6, 6.07) is 4.89. The summed E-state index contributed by atoms with van der Waals surface area (Å²) in [5, 5.41) is 0. The Balaban J connectivity index is 1.75. The fourth-order valence-corrected chi connectivity index (χ4v) is 4.75. The van der Waals surface area contributed by atoms with Gasteiger partial charge in [0.1, 0.15) is 11.6 Å². The van der Waals surface area contributed by atoms with E-state index in [4.69, 9.17) is 0 Å². The highest BCUT2D eigenvalue weighted by Gasteiger charge is 2.31. The average Bonchev–Trinajstić information content (AvgIpc) is 2.98. The molecule has 2 aromatic rings. The highest BCUT2D eigenvalue weighted by molar-refractivity contribution is 7.89. The van der Waals surface area contributed by atoms with E-state index in [0.29, 0.717) is 18.8 Å². The van der Waals surface area contributed by atoms with Crippen molar-refractivity contribution in [3.05, 3.63) is 53.5 Å². The molecule has 0 spiro atoms. The Morgan fingerprint density at radius 2 is 1.82 bits per heavy atom. The Bertz CT molecular complexity index is 1110. The molecular weight excluding hydrogens is 464 g/mol. The third-order valence-corrected chi connectivity index (χ3v) is 6.71. The summed E-state index contributed by atoms with van der Waals surface area (Å²) in [6.07, 6.45) is -3.25. The minimum Gasteiger partial charge on any atom is -0.355 e. The lowest BCUT2D eigenvalue weighted by Crippen LogP contribution is -2.36.